The lowest BCUT2D eigenvalue weighted by atomic mass is 10.2. The van der Waals surface area contributed by atoms with Crippen LogP contribution in [0.5, 0.6) is 0 Å². The van der Waals surface area contributed by atoms with Gasteiger partial charge in [0, 0.05) is 17.1 Å². The molecule has 122 valence electrons. The molecule has 0 spiro atoms. The number of carbonyl (C=O) groups is 1. The van der Waals surface area contributed by atoms with Crippen molar-refractivity contribution in [2.24, 2.45) is 0 Å². The van der Waals surface area contributed by atoms with Crippen LogP contribution >= 0.6 is 11.6 Å². The van der Waals surface area contributed by atoms with Gasteiger partial charge in [-0.2, -0.15) is 8.78 Å². The number of halogens is 3. The molecule has 23 heavy (non-hydrogen) atoms. The molecule has 1 N–H and O–H groups in total. The first-order valence-corrected chi connectivity index (χ1v) is 8.38. The van der Waals surface area contributed by atoms with Crippen LogP contribution in [-0.4, -0.2) is 20.1 Å². The van der Waals surface area contributed by atoms with Crippen molar-refractivity contribution >= 4 is 27.3 Å². The lowest BCUT2D eigenvalue weighted by Crippen LogP contribution is -2.23. The molecule has 0 heterocycles. The summed E-state index contributed by atoms with van der Waals surface area (Å²) in [6, 6.07) is 11.3. The molecular weight excluding hydrogens is 348 g/mol. The van der Waals surface area contributed by atoms with Crippen molar-refractivity contribution < 1.29 is 22.0 Å². The first-order valence-electron chi connectivity index (χ1n) is 6.46. The maximum atomic E-state index is 12.4. The number of alkyl halides is 2. The van der Waals surface area contributed by atoms with E-state index in [1.807, 2.05) is 0 Å². The number of hydrogen-bond donors (Lipinski definition) is 1. The van der Waals surface area contributed by atoms with Crippen molar-refractivity contribution in [3.8, 4) is 0 Å². The quantitative estimate of drug-likeness (QED) is 0.891. The molecule has 4 nitrogen and oxygen atoms in total. The Balaban J connectivity index is 2.08. The summed E-state index contributed by atoms with van der Waals surface area (Å²) in [7, 11) is -4.66. The molecule has 0 aromatic heterocycles. The Hall–Kier alpha value is -1.99. The van der Waals surface area contributed by atoms with Crippen molar-refractivity contribution in [1.82, 2.24) is 5.32 Å². The minimum absolute atomic E-state index is 0.158. The van der Waals surface area contributed by atoms with E-state index in [1.165, 1.54) is 12.1 Å². The zero-order valence-electron chi connectivity index (χ0n) is 11.7. The lowest BCUT2D eigenvalue weighted by molar-refractivity contribution is 0.0951. The van der Waals surface area contributed by atoms with E-state index in [0.717, 1.165) is 17.7 Å². The lowest BCUT2D eigenvalue weighted by Gasteiger charge is -2.08. The molecular formula is C15H12ClF2NO3S. The fourth-order valence-corrected chi connectivity index (χ4v) is 2.74. The Kier molecular flexibility index (Phi) is 5.33. The average Bonchev–Trinajstić information content (AvgIpc) is 2.53. The van der Waals surface area contributed by atoms with Crippen LogP contribution in [0.3, 0.4) is 0 Å². The van der Waals surface area contributed by atoms with Crippen LogP contribution in [0, 0.1) is 0 Å². The second kappa shape index (κ2) is 7.06. The van der Waals surface area contributed by atoms with E-state index in [1.54, 1.807) is 24.3 Å². The summed E-state index contributed by atoms with van der Waals surface area (Å²) in [5.41, 5.74) is 0.879. The number of hydrogen-bond acceptors (Lipinski definition) is 3. The van der Waals surface area contributed by atoms with Gasteiger partial charge in [0.1, 0.15) is 0 Å². The monoisotopic (exact) mass is 359 g/mol. The fourth-order valence-electron chi connectivity index (χ4n) is 1.82. The highest BCUT2D eigenvalue weighted by Gasteiger charge is 2.26. The van der Waals surface area contributed by atoms with E-state index in [4.69, 9.17) is 11.6 Å². The highest BCUT2D eigenvalue weighted by Crippen LogP contribution is 2.19. The molecule has 0 atom stereocenters. The van der Waals surface area contributed by atoms with Crippen LogP contribution in [-0.2, 0) is 16.4 Å². The van der Waals surface area contributed by atoms with Crippen LogP contribution < -0.4 is 5.32 Å². The van der Waals surface area contributed by atoms with Gasteiger partial charge in [-0.15, -0.1) is 0 Å². The number of sulfone groups is 1. The Morgan fingerprint density at radius 3 is 2.26 bits per heavy atom. The molecule has 0 saturated heterocycles. The first-order chi connectivity index (χ1) is 10.8. The summed E-state index contributed by atoms with van der Waals surface area (Å²) in [5, 5.41) is 3.12. The number of carbonyl (C=O) groups excluding carboxylic acids is 1. The van der Waals surface area contributed by atoms with Gasteiger partial charge in [-0.25, -0.2) is 8.42 Å². The van der Waals surface area contributed by atoms with Crippen LogP contribution in [0.2, 0.25) is 5.02 Å². The average molecular weight is 360 g/mol. The minimum Gasteiger partial charge on any atom is -0.348 e. The highest BCUT2D eigenvalue weighted by atomic mass is 35.5. The summed E-state index contributed by atoms with van der Waals surface area (Å²) >= 11 is 5.97. The Bertz CT molecular complexity index is 808. The van der Waals surface area contributed by atoms with Gasteiger partial charge < -0.3 is 5.32 Å². The highest BCUT2D eigenvalue weighted by molar-refractivity contribution is 7.91. The van der Waals surface area contributed by atoms with Gasteiger partial charge in [0.2, 0.25) is 9.84 Å². The molecule has 0 aliphatic carbocycles. The van der Waals surface area contributed by atoms with Gasteiger partial charge in [-0.1, -0.05) is 29.8 Å². The number of benzene rings is 2. The molecule has 2 aromatic rings. The third-order valence-electron chi connectivity index (χ3n) is 3.08. The number of amides is 1. The fraction of sp³-hybridized carbons (Fsp3) is 0.133. The molecule has 0 bridgehead atoms. The van der Waals surface area contributed by atoms with E-state index in [0.29, 0.717) is 5.02 Å². The molecule has 2 rings (SSSR count). The minimum atomic E-state index is -4.66. The molecule has 1 amide bonds. The normalized spacial score (nSPS) is 11.5. The van der Waals surface area contributed by atoms with Crippen molar-refractivity contribution in [1.29, 1.82) is 0 Å². The SMILES string of the molecule is O=C(NCc1ccccc1Cl)c1ccc(S(=O)(=O)C(F)F)cc1. The van der Waals surface area contributed by atoms with E-state index in [2.05, 4.69) is 5.32 Å². The predicted molar refractivity (Wildman–Crippen MR) is 82.3 cm³/mol. The number of rotatable bonds is 5. The third-order valence-corrected chi connectivity index (χ3v) is 4.84. The topological polar surface area (TPSA) is 63.2 Å². The molecule has 0 fully saturated rings. The molecule has 0 radical (unpaired) electrons. The second-order valence-corrected chi connectivity index (χ2v) is 6.93. The first kappa shape index (κ1) is 17.4. The van der Waals surface area contributed by atoms with Gasteiger partial charge in [0.15, 0.2) is 0 Å². The maximum Gasteiger partial charge on any atom is 0.341 e. The number of nitrogens with one attached hydrogen (secondary N) is 1. The van der Waals surface area contributed by atoms with E-state index < -0.39 is 26.4 Å². The Labute approximate surface area is 137 Å². The summed E-state index contributed by atoms with van der Waals surface area (Å²) in [6.45, 7) is 0.190. The Morgan fingerprint density at radius 2 is 1.70 bits per heavy atom. The molecule has 0 aliphatic rings. The zero-order valence-corrected chi connectivity index (χ0v) is 13.2. The summed E-state index contributed by atoms with van der Waals surface area (Å²) in [5.74, 6) is -3.96. The van der Waals surface area contributed by atoms with Crippen LogP contribution in [0.25, 0.3) is 0 Å². The van der Waals surface area contributed by atoms with Crippen molar-refractivity contribution in [3.63, 3.8) is 0 Å². The summed E-state index contributed by atoms with van der Waals surface area (Å²) in [6.07, 6.45) is 0. The second-order valence-electron chi connectivity index (χ2n) is 4.60. The van der Waals surface area contributed by atoms with Gasteiger partial charge >= 0.3 is 5.76 Å². The van der Waals surface area contributed by atoms with Gasteiger partial charge in [0.05, 0.1) is 4.90 Å². The van der Waals surface area contributed by atoms with E-state index >= 15 is 0 Å². The van der Waals surface area contributed by atoms with Crippen molar-refractivity contribution in [2.75, 3.05) is 0 Å². The van der Waals surface area contributed by atoms with Crippen molar-refractivity contribution in [3.05, 3.63) is 64.7 Å². The maximum absolute atomic E-state index is 12.4. The standard InChI is InChI=1S/C15H12ClF2NO3S/c16-13-4-2-1-3-11(13)9-19-14(20)10-5-7-12(8-6-10)23(21,22)15(17)18/h1-8,15H,9H2,(H,19,20). The predicted octanol–water partition coefficient (Wildman–Crippen LogP) is 3.27. The van der Waals surface area contributed by atoms with Crippen molar-refractivity contribution in [2.45, 2.75) is 17.2 Å². The van der Waals surface area contributed by atoms with E-state index in [9.17, 15) is 22.0 Å². The zero-order chi connectivity index (χ0) is 17.0. The molecule has 8 heteroatoms. The summed E-state index contributed by atoms with van der Waals surface area (Å²) in [4.78, 5) is 11.4. The van der Waals surface area contributed by atoms with Gasteiger partial charge in [-0.3, -0.25) is 4.79 Å². The molecule has 0 unspecified atom stereocenters. The van der Waals surface area contributed by atoms with Crippen LogP contribution in [0.15, 0.2) is 53.4 Å². The Morgan fingerprint density at radius 1 is 1.09 bits per heavy atom. The van der Waals surface area contributed by atoms with E-state index in [-0.39, 0.29) is 12.1 Å². The molecule has 2 aromatic carbocycles. The third kappa shape index (κ3) is 4.05. The van der Waals surface area contributed by atoms with Gasteiger partial charge in [-0.05, 0) is 35.9 Å². The molecule has 0 saturated carbocycles. The molecule has 0 aliphatic heterocycles. The smallest absolute Gasteiger partial charge is 0.341 e. The summed E-state index contributed by atoms with van der Waals surface area (Å²) < 4.78 is 47.4. The van der Waals surface area contributed by atoms with Crippen LogP contribution in [0.4, 0.5) is 8.78 Å². The van der Waals surface area contributed by atoms with Gasteiger partial charge in [0.25, 0.3) is 5.91 Å². The van der Waals surface area contributed by atoms with Crippen LogP contribution in [0.1, 0.15) is 15.9 Å². The largest absolute Gasteiger partial charge is 0.348 e.